The number of nitrogens with one attached hydrogen (secondary N) is 1. The van der Waals surface area contributed by atoms with Gasteiger partial charge in [0.15, 0.2) is 0 Å². The van der Waals surface area contributed by atoms with E-state index in [1.165, 1.54) is 10.6 Å². The van der Waals surface area contributed by atoms with Crippen molar-refractivity contribution < 1.29 is 4.79 Å². The van der Waals surface area contributed by atoms with Crippen molar-refractivity contribution in [2.75, 3.05) is 0 Å². The molecule has 88 valence electrons. The molecule has 4 nitrogen and oxygen atoms in total. The van der Waals surface area contributed by atoms with E-state index in [1.54, 1.807) is 19.3 Å². The summed E-state index contributed by atoms with van der Waals surface area (Å²) in [5.41, 5.74) is 0.392. The van der Waals surface area contributed by atoms with E-state index in [0.717, 1.165) is 0 Å². The second kappa shape index (κ2) is 4.96. The Balaban J connectivity index is 2.81. The molecule has 16 heavy (non-hydrogen) atoms. The van der Waals surface area contributed by atoms with Gasteiger partial charge < -0.3 is 9.88 Å². The standard InChI is InChI=1S/C12H18N2O2/c1-8(2)9(3)13-12(16)10-5-6-11(15)14(4)7-10/h5-9H,1-4H3,(H,13,16). The van der Waals surface area contributed by atoms with Crippen LogP contribution < -0.4 is 10.9 Å². The Kier molecular flexibility index (Phi) is 3.88. The molecule has 0 aliphatic rings. The first-order valence-corrected chi connectivity index (χ1v) is 5.39. The van der Waals surface area contributed by atoms with Crippen LogP contribution in [0.3, 0.4) is 0 Å². The molecule has 0 aromatic carbocycles. The Labute approximate surface area is 95.3 Å². The van der Waals surface area contributed by atoms with E-state index in [0.29, 0.717) is 11.5 Å². The van der Waals surface area contributed by atoms with Gasteiger partial charge in [-0.15, -0.1) is 0 Å². The van der Waals surface area contributed by atoms with E-state index in [2.05, 4.69) is 5.32 Å². The molecule has 1 heterocycles. The highest BCUT2D eigenvalue weighted by atomic mass is 16.2. The van der Waals surface area contributed by atoms with Crippen molar-refractivity contribution in [1.82, 2.24) is 9.88 Å². The Bertz CT molecular complexity index is 435. The molecular weight excluding hydrogens is 204 g/mol. The Morgan fingerprint density at radius 3 is 2.44 bits per heavy atom. The number of carbonyl (C=O) groups is 1. The normalized spacial score (nSPS) is 12.6. The number of aromatic nitrogens is 1. The first-order chi connectivity index (χ1) is 7.41. The number of pyridine rings is 1. The zero-order chi connectivity index (χ0) is 12.3. The Hall–Kier alpha value is -1.58. The third-order valence-corrected chi connectivity index (χ3v) is 2.71. The molecular formula is C12H18N2O2. The van der Waals surface area contributed by atoms with Crippen LogP contribution in [0.25, 0.3) is 0 Å². The van der Waals surface area contributed by atoms with E-state index in [1.807, 2.05) is 20.8 Å². The number of hydrogen-bond acceptors (Lipinski definition) is 2. The highest BCUT2D eigenvalue weighted by molar-refractivity contribution is 5.94. The number of aryl methyl sites for hydroxylation is 1. The van der Waals surface area contributed by atoms with Crippen molar-refractivity contribution in [3.63, 3.8) is 0 Å². The molecule has 0 bridgehead atoms. The molecule has 1 amide bonds. The summed E-state index contributed by atoms with van der Waals surface area (Å²) in [5.74, 6) is 0.244. The molecule has 1 atom stereocenters. The fourth-order valence-corrected chi connectivity index (χ4v) is 1.19. The Morgan fingerprint density at radius 1 is 1.31 bits per heavy atom. The van der Waals surface area contributed by atoms with Gasteiger partial charge in [0.2, 0.25) is 5.56 Å². The molecule has 0 saturated heterocycles. The van der Waals surface area contributed by atoms with Gasteiger partial charge in [0, 0.05) is 25.4 Å². The maximum atomic E-state index is 11.8. The summed E-state index contributed by atoms with van der Waals surface area (Å²) in [6.45, 7) is 6.06. The predicted octanol–water partition coefficient (Wildman–Crippen LogP) is 1.16. The van der Waals surface area contributed by atoms with Gasteiger partial charge in [-0.1, -0.05) is 13.8 Å². The SMILES string of the molecule is CC(C)C(C)NC(=O)c1ccc(=O)n(C)c1. The third kappa shape index (κ3) is 2.95. The van der Waals surface area contributed by atoms with Crippen LogP contribution in [0.4, 0.5) is 0 Å². The largest absolute Gasteiger partial charge is 0.349 e. The summed E-state index contributed by atoms with van der Waals surface area (Å²) in [7, 11) is 1.63. The first-order valence-electron chi connectivity index (χ1n) is 5.39. The summed E-state index contributed by atoms with van der Waals surface area (Å²) in [5, 5.41) is 2.89. The van der Waals surface area contributed by atoms with E-state index in [-0.39, 0.29) is 17.5 Å². The second-order valence-electron chi connectivity index (χ2n) is 4.37. The molecule has 1 aromatic heterocycles. The first kappa shape index (κ1) is 12.5. The zero-order valence-corrected chi connectivity index (χ0v) is 10.2. The second-order valence-corrected chi connectivity index (χ2v) is 4.37. The van der Waals surface area contributed by atoms with Crippen LogP contribution in [-0.2, 0) is 7.05 Å². The molecule has 1 N–H and O–H groups in total. The Morgan fingerprint density at radius 2 is 1.94 bits per heavy atom. The third-order valence-electron chi connectivity index (χ3n) is 2.71. The molecule has 0 radical (unpaired) electrons. The monoisotopic (exact) mass is 222 g/mol. The van der Waals surface area contributed by atoms with Gasteiger partial charge >= 0.3 is 0 Å². The smallest absolute Gasteiger partial charge is 0.252 e. The van der Waals surface area contributed by atoms with Crippen LogP contribution in [0.5, 0.6) is 0 Å². The minimum atomic E-state index is -0.142. The average Bonchev–Trinajstić information content (AvgIpc) is 2.21. The van der Waals surface area contributed by atoms with Gasteiger partial charge in [-0.2, -0.15) is 0 Å². The van der Waals surface area contributed by atoms with Crippen LogP contribution in [-0.4, -0.2) is 16.5 Å². The predicted molar refractivity (Wildman–Crippen MR) is 63.4 cm³/mol. The lowest BCUT2D eigenvalue weighted by Gasteiger charge is -2.17. The molecule has 1 unspecified atom stereocenters. The lowest BCUT2D eigenvalue weighted by atomic mass is 10.1. The van der Waals surface area contributed by atoms with Crippen molar-refractivity contribution >= 4 is 5.91 Å². The highest BCUT2D eigenvalue weighted by Gasteiger charge is 2.12. The van der Waals surface area contributed by atoms with Gasteiger partial charge in [-0.3, -0.25) is 9.59 Å². The van der Waals surface area contributed by atoms with Crippen LogP contribution in [0.15, 0.2) is 23.1 Å². The molecule has 4 heteroatoms. The van der Waals surface area contributed by atoms with Gasteiger partial charge in [-0.25, -0.2) is 0 Å². The number of carbonyl (C=O) groups excluding carboxylic acids is 1. The molecule has 0 saturated carbocycles. The maximum absolute atomic E-state index is 11.8. The van der Waals surface area contributed by atoms with Crippen LogP contribution >= 0.6 is 0 Å². The van der Waals surface area contributed by atoms with Gasteiger partial charge in [0.25, 0.3) is 5.91 Å². The maximum Gasteiger partial charge on any atom is 0.252 e. The number of amides is 1. The molecule has 0 aliphatic heterocycles. The van der Waals surface area contributed by atoms with Crippen molar-refractivity contribution in [3.05, 3.63) is 34.2 Å². The van der Waals surface area contributed by atoms with Gasteiger partial charge in [0.05, 0.1) is 5.56 Å². The minimum absolute atomic E-state index is 0.115. The van der Waals surface area contributed by atoms with E-state index in [4.69, 9.17) is 0 Å². The number of hydrogen-bond donors (Lipinski definition) is 1. The van der Waals surface area contributed by atoms with Crippen molar-refractivity contribution in [2.24, 2.45) is 13.0 Å². The van der Waals surface area contributed by atoms with Crippen molar-refractivity contribution in [1.29, 1.82) is 0 Å². The number of rotatable bonds is 3. The lowest BCUT2D eigenvalue weighted by molar-refractivity contribution is 0.0929. The van der Waals surface area contributed by atoms with Crippen molar-refractivity contribution in [2.45, 2.75) is 26.8 Å². The zero-order valence-electron chi connectivity index (χ0n) is 10.2. The minimum Gasteiger partial charge on any atom is -0.349 e. The van der Waals surface area contributed by atoms with E-state index in [9.17, 15) is 9.59 Å². The van der Waals surface area contributed by atoms with E-state index < -0.39 is 0 Å². The molecule has 1 aromatic rings. The molecule has 0 spiro atoms. The van der Waals surface area contributed by atoms with Crippen LogP contribution in [0.2, 0.25) is 0 Å². The van der Waals surface area contributed by atoms with Gasteiger partial charge in [-0.05, 0) is 18.9 Å². The molecule has 1 rings (SSSR count). The number of nitrogens with zero attached hydrogens (tertiary/aromatic N) is 1. The highest BCUT2D eigenvalue weighted by Crippen LogP contribution is 2.02. The quantitative estimate of drug-likeness (QED) is 0.834. The van der Waals surface area contributed by atoms with Gasteiger partial charge in [0.1, 0.15) is 0 Å². The fourth-order valence-electron chi connectivity index (χ4n) is 1.19. The lowest BCUT2D eigenvalue weighted by Crippen LogP contribution is -2.36. The summed E-state index contributed by atoms with van der Waals surface area (Å²) in [6.07, 6.45) is 1.55. The van der Waals surface area contributed by atoms with E-state index >= 15 is 0 Å². The summed E-state index contributed by atoms with van der Waals surface area (Å²) >= 11 is 0. The molecule has 0 fully saturated rings. The summed E-state index contributed by atoms with van der Waals surface area (Å²) in [6, 6.07) is 3.06. The average molecular weight is 222 g/mol. The summed E-state index contributed by atoms with van der Waals surface area (Å²) < 4.78 is 1.40. The van der Waals surface area contributed by atoms with Crippen LogP contribution in [0.1, 0.15) is 31.1 Å². The van der Waals surface area contributed by atoms with Crippen LogP contribution in [0, 0.1) is 5.92 Å². The molecule has 0 aliphatic carbocycles. The fraction of sp³-hybridized carbons (Fsp3) is 0.500. The summed E-state index contributed by atoms with van der Waals surface area (Å²) in [4.78, 5) is 23.0. The topological polar surface area (TPSA) is 51.1 Å². The van der Waals surface area contributed by atoms with Crippen molar-refractivity contribution in [3.8, 4) is 0 Å².